The fraction of sp³-hybridized carbons (Fsp3) is 1.00. The van der Waals surface area contributed by atoms with Crippen molar-refractivity contribution in [3.63, 3.8) is 0 Å². The van der Waals surface area contributed by atoms with E-state index in [4.69, 9.17) is 10.2 Å². The van der Waals surface area contributed by atoms with Gasteiger partial charge in [0.2, 0.25) is 0 Å². The van der Waals surface area contributed by atoms with Crippen molar-refractivity contribution in [2.75, 3.05) is 0 Å². The van der Waals surface area contributed by atoms with Crippen molar-refractivity contribution in [1.29, 1.82) is 0 Å². The van der Waals surface area contributed by atoms with E-state index in [1.807, 2.05) is 0 Å². The van der Waals surface area contributed by atoms with Gasteiger partial charge in [0.05, 0.1) is 11.1 Å². The topological polar surface area (TPSA) is 24.7 Å². The Labute approximate surface area is 212 Å². The van der Waals surface area contributed by atoms with E-state index < -0.39 is 0 Å². The van der Waals surface area contributed by atoms with Crippen LogP contribution in [-0.4, -0.2) is 11.1 Å². The van der Waals surface area contributed by atoms with Crippen LogP contribution in [0, 0.1) is 11.8 Å². The maximum atomic E-state index is 5.73. The molecule has 4 aliphatic carbocycles. The van der Waals surface area contributed by atoms with Crippen molar-refractivity contribution in [2.24, 2.45) is 22.1 Å². The summed E-state index contributed by atoms with van der Waals surface area (Å²) in [6.07, 6.45) is 39.7. The van der Waals surface area contributed by atoms with Crippen LogP contribution in [0.1, 0.15) is 180 Å². The second kappa shape index (κ2) is 14.4. The number of azo groups is 1. The summed E-state index contributed by atoms with van der Waals surface area (Å²) in [5.74, 6) is 1.61. The molecular weight excluding hydrogens is 412 g/mol. The molecule has 0 radical (unpaired) electrons. The molecule has 0 aromatic heterocycles. The van der Waals surface area contributed by atoms with Crippen molar-refractivity contribution >= 4 is 0 Å². The van der Waals surface area contributed by atoms with Gasteiger partial charge in [-0.25, -0.2) is 0 Å². The minimum atomic E-state index is 0.175. The van der Waals surface area contributed by atoms with E-state index in [1.54, 1.807) is 0 Å². The molecule has 0 aromatic carbocycles. The highest BCUT2D eigenvalue weighted by Crippen LogP contribution is 2.46. The third-order valence-electron chi connectivity index (χ3n) is 10.6. The Hall–Kier alpha value is -0.400. The van der Waals surface area contributed by atoms with Gasteiger partial charge in [-0.05, 0) is 63.2 Å². The smallest absolute Gasteiger partial charge is 0.0844 e. The molecule has 4 saturated carbocycles. The lowest BCUT2D eigenvalue weighted by molar-refractivity contribution is 0.135. The van der Waals surface area contributed by atoms with Gasteiger partial charge in [0.1, 0.15) is 0 Å². The van der Waals surface area contributed by atoms with Gasteiger partial charge in [0, 0.05) is 0 Å². The Morgan fingerprint density at radius 3 is 0.824 bits per heavy atom. The predicted molar refractivity (Wildman–Crippen MR) is 147 cm³/mol. The largest absolute Gasteiger partial charge is 0.187 e. The fourth-order valence-corrected chi connectivity index (χ4v) is 8.40. The highest BCUT2D eigenvalue weighted by molar-refractivity contribution is 4.99. The van der Waals surface area contributed by atoms with Crippen LogP contribution in [0.3, 0.4) is 0 Å². The molecule has 0 amide bonds. The summed E-state index contributed by atoms with van der Waals surface area (Å²) in [4.78, 5) is 0. The molecule has 0 aromatic rings. The zero-order valence-corrected chi connectivity index (χ0v) is 22.8. The predicted octanol–water partition coefficient (Wildman–Crippen LogP) is 11.1. The molecule has 4 aliphatic rings. The fourth-order valence-electron chi connectivity index (χ4n) is 8.40. The lowest BCUT2D eigenvalue weighted by Gasteiger charge is -2.43. The first-order valence-corrected chi connectivity index (χ1v) is 16.3. The highest BCUT2D eigenvalue weighted by Gasteiger charge is 2.42. The molecule has 0 spiro atoms. The lowest BCUT2D eigenvalue weighted by Crippen LogP contribution is -2.41. The molecule has 0 bridgehead atoms. The van der Waals surface area contributed by atoms with E-state index in [1.165, 1.54) is 180 Å². The third-order valence-corrected chi connectivity index (χ3v) is 10.6. The van der Waals surface area contributed by atoms with Gasteiger partial charge in [0.15, 0.2) is 0 Å². The van der Waals surface area contributed by atoms with Crippen LogP contribution < -0.4 is 0 Å². The maximum absolute atomic E-state index is 5.73. The summed E-state index contributed by atoms with van der Waals surface area (Å²) >= 11 is 0. The van der Waals surface area contributed by atoms with Crippen molar-refractivity contribution in [3.05, 3.63) is 0 Å². The quantitative estimate of drug-likeness (QED) is 0.365. The van der Waals surface area contributed by atoms with Crippen LogP contribution in [0.2, 0.25) is 0 Å². The van der Waals surface area contributed by atoms with Gasteiger partial charge < -0.3 is 0 Å². The SMILES string of the molecule is C1CCCC(C2(N=NC3(C4CCCCCCC4)CCCCCCC3)CCCCCCC2)CCC1. The first kappa shape index (κ1) is 26.7. The average Bonchev–Trinajstić information content (AvgIpc) is 2.75. The van der Waals surface area contributed by atoms with E-state index in [9.17, 15) is 0 Å². The third kappa shape index (κ3) is 7.55. The Kier molecular flexibility index (Phi) is 11.3. The minimum Gasteiger partial charge on any atom is -0.187 e. The van der Waals surface area contributed by atoms with Crippen LogP contribution >= 0.6 is 0 Å². The summed E-state index contributed by atoms with van der Waals surface area (Å²) in [5.41, 5.74) is 0.351. The van der Waals surface area contributed by atoms with Crippen LogP contribution in [0.25, 0.3) is 0 Å². The molecule has 2 heteroatoms. The molecule has 0 saturated heterocycles. The number of hydrogen-bond donors (Lipinski definition) is 0. The second-order valence-corrected chi connectivity index (χ2v) is 13.0. The highest BCUT2D eigenvalue weighted by atomic mass is 15.2. The van der Waals surface area contributed by atoms with Crippen LogP contribution in [0.15, 0.2) is 10.2 Å². The Balaban J connectivity index is 1.63. The van der Waals surface area contributed by atoms with Crippen molar-refractivity contribution in [1.82, 2.24) is 0 Å². The van der Waals surface area contributed by atoms with Crippen molar-refractivity contribution in [2.45, 2.75) is 191 Å². The number of rotatable bonds is 4. The van der Waals surface area contributed by atoms with E-state index in [0.717, 1.165) is 11.8 Å². The molecule has 196 valence electrons. The standard InChI is InChI=1S/C32H58N2/c1-5-13-21-29(22-14-6-1)31(25-17-9-3-10-18-26-31)33-34-32(27-19-11-4-12-20-28-32)30-23-15-7-2-8-16-24-30/h29-30H,1-28H2. The molecule has 0 N–H and O–H groups in total. The molecule has 4 fully saturated rings. The zero-order chi connectivity index (χ0) is 23.4. The number of hydrogen-bond acceptors (Lipinski definition) is 2. The second-order valence-electron chi connectivity index (χ2n) is 13.0. The van der Waals surface area contributed by atoms with Gasteiger partial charge >= 0.3 is 0 Å². The zero-order valence-electron chi connectivity index (χ0n) is 22.8. The molecule has 0 heterocycles. The molecule has 0 aliphatic heterocycles. The minimum absolute atomic E-state index is 0.175. The maximum Gasteiger partial charge on any atom is 0.0844 e. The van der Waals surface area contributed by atoms with Crippen LogP contribution in [0.4, 0.5) is 0 Å². The monoisotopic (exact) mass is 470 g/mol. The summed E-state index contributed by atoms with van der Waals surface area (Å²) in [5, 5.41) is 11.5. The van der Waals surface area contributed by atoms with Gasteiger partial charge in [0.25, 0.3) is 0 Å². The summed E-state index contributed by atoms with van der Waals surface area (Å²) in [6.45, 7) is 0. The summed E-state index contributed by atoms with van der Waals surface area (Å²) < 4.78 is 0. The average molecular weight is 471 g/mol. The summed E-state index contributed by atoms with van der Waals surface area (Å²) in [7, 11) is 0. The molecular formula is C32H58N2. The first-order chi connectivity index (χ1) is 16.8. The van der Waals surface area contributed by atoms with E-state index in [0.29, 0.717) is 0 Å². The van der Waals surface area contributed by atoms with Crippen molar-refractivity contribution in [3.8, 4) is 0 Å². The van der Waals surface area contributed by atoms with Gasteiger partial charge in [-0.2, -0.15) is 10.2 Å². The van der Waals surface area contributed by atoms with Crippen LogP contribution in [0.5, 0.6) is 0 Å². The Morgan fingerprint density at radius 1 is 0.294 bits per heavy atom. The Bertz CT molecular complexity index is 500. The first-order valence-electron chi connectivity index (χ1n) is 16.3. The Morgan fingerprint density at radius 2 is 0.529 bits per heavy atom. The lowest BCUT2D eigenvalue weighted by atomic mass is 9.69. The molecule has 2 nitrogen and oxygen atoms in total. The van der Waals surface area contributed by atoms with Gasteiger partial charge in [-0.3, -0.25) is 0 Å². The van der Waals surface area contributed by atoms with Gasteiger partial charge in [-0.1, -0.05) is 128 Å². The van der Waals surface area contributed by atoms with E-state index in [-0.39, 0.29) is 11.1 Å². The van der Waals surface area contributed by atoms with Crippen molar-refractivity contribution < 1.29 is 0 Å². The normalized spacial score (nSPS) is 29.5. The molecule has 0 unspecified atom stereocenters. The number of nitrogens with zero attached hydrogens (tertiary/aromatic N) is 2. The molecule has 4 rings (SSSR count). The van der Waals surface area contributed by atoms with Gasteiger partial charge in [-0.15, -0.1) is 0 Å². The van der Waals surface area contributed by atoms with Crippen LogP contribution in [-0.2, 0) is 0 Å². The molecule has 34 heavy (non-hydrogen) atoms. The van der Waals surface area contributed by atoms with E-state index >= 15 is 0 Å². The van der Waals surface area contributed by atoms with E-state index in [2.05, 4.69) is 0 Å². The molecule has 0 atom stereocenters. The summed E-state index contributed by atoms with van der Waals surface area (Å²) in [6, 6.07) is 0.